The second-order valence-electron chi connectivity index (χ2n) is 6.06. The minimum Gasteiger partial charge on any atom is -0.490 e. The molecule has 1 aromatic rings. The Labute approximate surface area is 138 Å². The van der Waals surface area contributed by atoms with Crippen LogP contribution in [0.3, 0.4) is 0 Å². The molecule has 0 spiro atoms. The Bertz CT molecular complexity index is 505. The zero-order valence-corrected chi connectivity index (χ0v) is 14.2. The minimum absolute atomic E-state index is 0.173. The van der Waals surface area contributed by atoms with Crippen molar-refractivity contribution >= 4 is 11.7 Å². The highest BCUT2D eigenvalue weighted by molar-refractivity contribution is 5.89. The molecule has 128 valence electrons. The fourth-order valence-electron chi connectivity index (χ4n) is 2.58. The maximum Gasteiger partial charge on any atom is 0.319 e. The fraction of sp³-hybridized carbons (Fsp3) is 0.611. The largest absolute Gasteiger partial charge is 0.490 e. The molecule has 1 aliphatic rings. The van der Waals surface area contributed by atoms with Crippen molar-refractivity contribution in [1.82, 2.24) is 5.32 Å². The van der Waals surface area contributed by atoms with Crippen molar-refractivity contribution in [2.24, 2.45) is 0 Å². The number of carbonyl (C=O) groups is 1. The smallest absolute Gasteiger partial charge is 0.319 e. The van der Waals surface area contributed by atoms with Crippen LogP contribution in [0.4, 0.5) is 10.5 Å². The second-order valence-corrected chi connectivity index (χ2v) is 6.06. The number of urea groups is 1. The Hall–Kier alpha value is -1.91. The van der Waals surface area contributed by atoms with Crippen LogP contribution < -0.4 is 20.1 Å². The van der Waals surface area contributed by atoms with Gasteiger partial charge in [-0.05, 0) is 25.5 Å². The molecule has 1 unspecified atom stereocenters. The number of nitrogens with one attached hydrogen (secondary N) is 2. The first-order valence-corrected chi connectivity index (χ1v) is 8.66. The topological polar surface area (TPSA) is 59.6 Å². The Balaban J connectivity index is 1.79. The molecule has 0 radical (unpaired) electrons. The minimum atomic E-state index is -0.178. The molecule has 1 atom stereocenters. The average Bonchev–Trinajstić information content (AvgIpc) is 2.76. The van der Waals surface area contributed by atoms with E-state index in [0.717, 1.165) is 25.0 Å². The van der Waals surface area contributed by atoms with E-state index in [0.29, 0.717) is 24.7 Å². The van der Waals surface area contributed by atoms with Gasteiger partial charge in [-0.3, -0.25) is 0 Å². The molecule has 5 heteroatoms. The maximum absolute atomic E-state index is 12.1. The van der Waals surface area contributed by atoms with Gasteiger partial charge in [-0.1, -0.05) is 32.6 Å². The van der Waals surface area contributed by atoms with E-state index in [1.165, 1.54) is 19.3 Å². The lowest BCUT2D eigenvalue weighted by atomic mass is 10.1. The number of unbranched alkanes of at least 4 members (excludes halogenated alkanes) is 3. The Kier molecular flexibility index (Phi) is 7.04. The van der Waals surface area contributed by atoms with E-state index in [9.17, 15) is 4.79 Å². The Morgan fingerprint density at radius 2 is 1.96 bits per heavy atom. The summed E-state index contributed by atoms with van der Waals surface area (Å²) in [5, 5.41) is 5.83. The van der Waals surface area contributed by atoms with E-state index in [-0.39, 0.29) is 12.1 Å². The molecule has 0 saturated carbocycles. The lowest BCUT2D eigenvalue weighted by Crippen LogP contribution is -2.36. The van der Waals surface area contributed by atoms with Crippen molar-refractivity contribution in [2.45, 2.75) is 58.4 Å². The number of hydrogen-bond donors (Lipinski definition) is 2. The van der Waals surface area contributed by atoms with E-state index in [1.54, 1.807) is 0 Å². The molecule has 1 aromatic carbocycles. The van der Waals surface area contributed by atoms with Crippen molar-refractivity contribution in [3.8, 4) is 11.5 Å². The van der Waals surface area contributed by atoms with Gasteiger partial charge in [0.2, 0.25) is 0 Å². The molecule has 2 amide bonds. The second kappa shape index (κ2) is 9.28. The van der Waals surface area contributed by atoms with Gasteiger partial charge < -0.3 is 20.1 Å². The first kappa shape index (κ1) is 17.4. The van der Waals surface area contributed by atoms with Gasteiger partial charge in [0.1, 0.15) is 0 Å². The monoisotopic (exact) mass is 320 g/mol. The molecular weight excluding hydrogens is 292 g/mol. The van der Waals surface area contributed by atoms with Crippen LogP contribution in [0.1, 0.15) is 52.4 Å². The van der Waals surface area contributed by atoms with Crippen molar-refractivity contribution in [3.63, 3.8) is 0 Å². The highest BCUT2D eigenvalue weighted by atomic mass is 16.5. The van der Waals surface area contributed by atoms with Crippen LogP contribution in [0.2, 0.25) is 0 Å². The summed E-state index contributed by atoms with van der Waals surface area (Å²) in [5.41, 5.74) is 0.713. The molecule has 1 heterocycles. The first-order chi connectivity index (χ1) is 11.2. The number of benzene rings is 1. The van der Waals surface area contributed by atoms with Crippen molar-refractivity contribution < 1.29 is 14.3 Å². The van der Waals surface area contributed by atoms with Gasteiger partial charge in [0.15, 0.2) is 11.5 Å². The van der Waals surface area contributed by atoms with E-state index in [4.69, 9.17) is 9.47 Å². The lowest BCUT2D eigenvalue weighted by Gasteiger charge is -2.15. The number of carbonyl (C=O) groups excluding carboxylic acids is 1. The summed E-state index contributed by atoms with van der Waals surface area (Å²) in [6, 6.07) is 5.48. The highest BCUT2D eigenvalue weighted by Crippen LogP contribution is 2.32. The predicted octanol–water partition coefficient (Wildman–Crippen LogP) is 4.33. The van der Waals surface area contributed by atoms with Crippen LogP contribution in [-0.4, -0.2) is 25.3 Å². The maximum atomic E-state index is 12.1. The van der Waals surface area contributed by atoms with E-state index in [2.05, 4.69) is 17.6 Å². The molecular formula is C18H28N2O3. The van der Waals surface area contributed by atoms with Crippen LogP contribution in [-0.2, 0) is 0 Å². The van der Waals surface area contributed by atoms with Crippen LogP contribution in [0.5, 0.6) is 11.5 Å². The number of ether oxygens (including phenoxy) is 2. The third kappa shape index (κ3) is 6.00. The number of anilines is 1. The quantitative estimate of drug-likeness (QED) is 0.735. The zero-order chi connectivity index (χ0) is 16.5. The summed E-state index contributed by atoms with van der Waals surface area (Å²) in [6.07, 6.45) is 6.75. The summed E-state index contributed by atoms with van der Waals surface area (Å²) in [6.45, 7) is 5.54. The van der Waals surface area contributed by atoms with Crippen LogP contribution >= 0.6 is 0 Å². The number of rotatable bonds is 7. The summed E-state index contributed by atoms with van der Waals surface area (Å²) >= 11 is 0. The van der Waals surface area contributed by atoms with E-state index >= 15 is 0 Å². The van der Waals surface area contributed by atoms with Gasteiger partial charge in [0, 0.05) is 24.2 Å². The normalized spacial score (nSPS) is 14.7. The highest BCUT2D eigenvalue weighted by Gasteiger charge is 2.12. The Morgan fingerprint density at radius 3 is 2.74 bits per heavy atom. The van der Waals surface area contributed by atoms with Gasteiger partial charge in [-0.15, -0.1) is 0 Å². The number of hydrogen-bond acceptors (Lipinski definition) is 3. The third-order valence-corrected chi connectivity index (χ3v) is 3.87. The molecule has 0 aromatic heterocycles. The summed E-state index contributed by atoms with van der Waals surface area (Å²) in [7, 11) is 0. The van der Waals surface area contributed by atoms with Gasteiger partial charge in [-0.25, -0.2) is 4.79 Å². The fourth-order valence-corrected chi connectivity index (χ4v) is 2.58. The van der Waals surface area contributed by atoms with Gasteiger partial charge in [0.05, 0.1) is 13.2 Å². The SMILES string of the molecule is CCCCCCC(C)NC(=O)Nc1ccc2c(c1)OCCCO2. The first-order valence-electron chi connectivity index (χ1n) is 8.66. The van der Waals surface area contributed by atoms with Crippen LogP contribution in [0.15, 0.2) is 18.2 Å². The molecule has 2 rings (SSSR count). The molecule has 23 heavy (non-hydrogen) atoms. The summed E-state index contributed by atoms with van der Waals surface area (Å²) < 4.78 is 11.2. The van der Waals surface area contributed by atoms with E-state index in [1.807, 2.05) is 25.1 Å². The van der Waals surface area contributed by atoms with Crippen molar-refractivity contribution in [3.05, 3.63) is 18.2 Å². The summed E-state index contributed by atoms with van der Waals surface area (Å²) in [5.74, 6) is 1.42. The van der Waals surface area contributed by atoms with E-state index < -0.39 is 0 Å². The van der Waals surface area contributed by atoms with Gasteiger partial charge in [0.25, 0.3) is 0 Å². The van der Waals surface area contributed by atoms with Crippen LogP contribution in [0, 0.1) is 0 Å². The molecule has 0 bridgehead atoms. The average molecular weight is 320 g/mol. The van der Waals surface area contributed by atoms with Crippen molar-refractivity contribution in [1.29, 1.82) is 0 Å². The molecule has 5 nitrogen and oxygen atoms in total. The number of fused-ring (bicyclic) bond motifs is 1. The predicted molar refractivity (Wildman–Crippen MR) is 92.4 cm³/mol. The van der Waals surface area contributed by atoms with Gasteiger partial charge >= 0.3 is 6.03 Å². The third-order valence-electron chi connectivity index (χ3n) is 3.87. The standard InChI is InChI=1S/C18H28N2O3/c1-3-4-5-6-8-14(2)19-18(21)20-15-9-10-16-17(13-15)23-12-7-11-22-16/h9-10,13-14H,3-8,11-12H2,1-2H3,(H2,19,20,21). The van der Waals surface area contributed by atoms with Gasteiger partial charge in [-0.2, -0.15) is 0 Å². The molecule has 0 aliphatic carbocycles. The molecule has 0 saturated heterocycles. The number of amides is 2. The Morgan fingerprint density at radius 1 is 1.17 bits per heavy atom. The van der Waals surface area contributed by atoms with Crippen LogP contribution in [0.25, 0.3) is 0 Å². The van der Waals surface area contributed by atoms with Crippen molar-refractivity contribution in [2.75, 3.05) is 18.5 Å². The molecule has 0 fully saturated rings. The molecule has 1 aliphatic heterocycles. The zero-order valence-electron chi connectivity index (χ0n) is 14.2. The summed E-state index contributed by atoms with van der Waals surface area (Å²) in [4.78, 5) is 12.1. The lowest BCUT2D eigenvalue weighted by molar-refractivity contribution is 0.248. The molecule has 2 N–H and O–H groups in total.